The van der Waals surface area contributed by atoms with E-state index in [4.69, 9.17) is 0 Å². The summed E-state index contributed by atoms with van der Waals surface area (Å²) in [5, 5.41) is 3.08. The Morgan fingerprint density at radius 3 is 2.46 bits per heavy atom. The molecular weight excluding hydrogens is 172 g/mol. The van der Waals surface area contributed by atoms with Crippen LogP contribution in [0.3, 0.4) is 0 Å². The van der Waals surface area contributed by atoms with E-state index in [-0.39, 0.29) is 11.5 Å². The van der Waals surface area contributed by atoms with Crippen LogP contribution in [0.1, 0.15) is 23.5 Å². The highest BCUT2D eigenvalue weighted by molar-refractivity contribution is 5.33. The minimum atomic E-state index is -2.35. The van der Waals surface area contributed by atoms with Gasteiger partial charge >= 0.3 is 0 Å². The molecule has 2 rings (SSSR count). The zero-order chi connectivity index (χ0) is 9.26. The van der Waals surface area contributed by atoms with Gasteiger partial charge in [-0.15, -0.1) is 0 Å². The maximum absolute atomic E-state index is 12.5. The first-order valence-corrected chi connectivity index (χ1v) is 4.36. The van der Waals surface area contributed by atoms with Crippen LogP contribution in [0.25, 0.3) is 0 Å². The van der Waals surface area contributed by atoms with E-state index in [0.717, 1.165) is 18.7 Å². The average Bonchev–Trinajstić information content (AvgIpc) is 2.02. The van der Waals surface area contributed by atoms with Crippen LogP contribution < -0.4 is 5.32 Å². The Balaban J connectivity index is 2.31. The molecule has 0 aromatic heterocycles. The Hall–Kier alpha value is -0.960. The highest BCUT2D eigenvalue weighted by Crippen LogP contribution is 2.29. The molecule has 70 valence electrons. The fraction of sp³-hybridized carbons (Fsp3) is 0.400. The van der Waals surface area contributed by atoms with Crippen LogP contribution in [0, 0.1) is 0 Å². The number of hydrogen-bond acceptors (Lipinski definition) is 1. The molecule has 0 radical (unpaired) electrons. The summed E-state index contributed by atoms with van der Waals surface area (Å²) in [6, 6.07) is 6.79. The number of halogens is 2. The van der Waals surface area contributed by atoms with Crippen LogP contribution in [0.15, 0.2) is 24.3 Å². The molecule has 1 heterocycles. The zero-order valence-electron chi connectivity index (χ0n) is 7.13. The van der Waals surface area contributed by atoms with Crippen molar-refractivity contribution in [3.8, 4) is 0 Å². The molecule has 1 aromatic carbocycles. The average molecular weight is 183 g/mol. The third kappa shape index (κ3) is 1.56. The van der Waals surface area contributed by atoms with E-state index in [0.29, 0.717) is 0 Å². The van der Waals surface area contributed by atoms with Crippen molar-refractivity contribution in [2.45, 2.75) is 12.3 Å². The molecule has 1 saturated heterocycles. The highest BCUT2D eigenvalue weighted by atomic mass is 19.3. The molecule has 1 N–H and O–H groups in total. The number of hydrogen-bond donors (Lipinski definition) is 1. The maximum Gasteiger partial charge on any atom is 0.264 e. The number of alkyl halides is 2. The topological polar surface area (TPSA) is 12.0 Å². The smallest absolute Gasteiger partial charge is 0.264 e. The van der Waals surface area contributed by atoms with Crippen LogP contribution in [-0.2, 0) is 0 Å². The van der Waals surface area contributed by atoms with E-state index in [1.165, 1.54) is 6.07 Å². The molecule has 0 aliphatic carbocycles. The lowest BCUT2D eigenvalue weighted by Gasteiger charge is -2.29. The molecule has 3 heteroatoms. The number of rotatable bonds is 2. The minimum absolute atomic E-state index is 0.189. The predicted octanol–water partition coefficient (Wildman–Crippen LogP) is 2.31. The molecule has 1 aromatic rings. The minimum Gasteiger partial charge on any atom is -0.315 e. The third-order valence-electron chi connectivity index (χ3n) is 2.45. The lowest BCUT2D eigenvalue weighted by atomic mass is 9.90. The lowest BCUT2D eigenvalue weighted by Crippen LogP contribution is -2.40. The van der Waals surface area contributed by atoms with Crippen molar-refractivity contribution in [1.29, 1.82) is 0 Å². The van der Waals surface area contributed by atoms with Gasteiger partial charge in [-0.25, -0.2) is 8.78 Å². The fourth-order valence-electron chi connectivity index (χ4n) is 1.59. The van der Waals surface area contributed by atoms with Gasteiger partial charge in [0.05, 0.1) is 0 Å². The Morgan fingerprint density at radius 1 is 1.23 bits per heavy atom. The van der Waals surface area contributed by atoms with Crippen LogP contribution in [0.5, 0.6) is 0 Å². The summed E-state index contributed by atoms with van der Waals surface area (Å²) >= 11 is 0. The van der Waals surface area contributed by atoms with Crippen molar-refractivity contribution in [2.75, 3.05) is 13.1 Å². The van der Waals surface area contributed by atoms with E-state index in [1.807, 2.05) is 6.07 Å². The summed E-state index contributed by atoms with van der Waals surface area (Å²) in [5.41, 5.74) is 0.991. The molecular formula is C10H11F2N. The Labute approximate surface area is 75.8 Å². The molecule has 1 fully saturated rings. The lowest BCUT2D eigenvalue weighted by molar-refractivity contribution is 0.149. The molecule has 1 nitrogen and oxygen atoms in total. The molecule has 0 atom stereocenters. The van der Waals surface area contributed by atoms with Gasteiger partial charge in [0.2, 0.25) is 0 Å². The molecule has 1 aliphatic heterocycles. The van der Waals surface area contributed by atoms with Crippen molar-refractivity contribution in [3.63, 3.8) is 0 Å². The van der Waals surface area contributed by atoms with Crippen molar-refractivity contribution in [3.05, 3.63) is 35.4 Å². The van der Waals surface area contributed by atoms with E-state index in [9.17, 15) is 8.78 Å². The van der Waals surface area contributed by atoms with Gasteiger partial charge < -0.3 is 5.32 Å². The van der Waals surface area contributed by atoms with Gasteiger partial charge in [-0.3, -0.25) is 0 Å². The van der Waals surface area contributed by atoms with Gasteiger partial charge in [-0.05, 0) is 5.56 Å². The van der Waals surface area contributed by atoms with Crippen LogP contribution in [0.4, 0.5) is 8.78 Å². The summed E-state index contributed by atoms with van der Waals surface area (Å²) in [4.78, 5) is 0. The number of nitrogens with one attached hydrogen (secondary N) is 1. The Morgan fingerprint density at radius 2 is 1.92 bits per heavy atom. The second-order valence-electron chi connectivity index (χ2n) is 3.28. The highest BCUT2D eigenvalue weighted by Gasteiger charge is 2.23. The second kappa shape index (κ2) is 3.42. The molecule has 13 heavy (non-hydrogen) atoms. The van der Waals surface area contributed by atoms with Crippen molar-refractivity contribution in [1.82, 2.24) is 5.32 Å². The van der Waals surface area contributed by atoms with E-state index in [1.54, 1.807) is 12.1 Å². The summed E-state index contributed by atoms with van der Waals surface area (Å²) < 4.78 is 25.1. The normalized spacial score (nSPS) is 17.5. The van der Waals surface area contributed by atoms with Crippen molar-refractivity contribution < 1.29 is 8.78 Å². The van der Waals surface area contributed by atoms with E-state index < -0.39 is 6.43 Å². The standard InChI is InChI=1S/C10H11F2N/c11-10(12)9-4-2-1-3-8(9)7-5-13-6-7/h1-4,7,10,13H,5-6H2. The second-order valence-corrected chi connectivity index (χ2v) is 3.28. The molecule has 0 amide bonds. The van der Waals surface area contributed by atoms with Crippen LogP contribution >= 0.6 is 0 Å². The summed E-state index contributed by atoms with van der Waals surface area (Å²) in [6.45, 7) is 1.65. The predicted molar refractivity (Wildman–Crippen MR) is 47.0 cm³/mol. The summed E-state index contributed by atoms with van der Waals surface area (Å²) in [5.74, 6) is 0.283. The first-order valence-electron chi connectivity index (χ1n) is 4.36. The quantitative estimate of drug-likeness (QED) is 0.741. The van der Waals surface area contributed by atoms with E-state index >= 15 is 0 Å². The molecule has 0 bridgehead atoms. The molecule has 0 unspecified atom stereocenters. The van der Waals surface area contributed by atoms with Crippen LogP contribution in [-0.4, -0.2) is 13.1 Å². The van der Waals surface area contributed by atoms with Gasteiger partial charge in [0.1, 0.15) is 0 Å². The largest absolute Gasteiger partial charge is 0.315 e. The fourth-order valence-corrected chi connectivity index (χ4v) is 1.59. The zero-order valence-corrected chi connectivity index (χ0v) is 7.13. The Kier molecular flexibility index (Phi) is 2.27. The van der Waals surface area contributed by atoms with E-state index in [2.05, 4.69) is 5.32 Å². The first kappa shape index (κ1) is 8.63. The molecule has 0 saturated carbocycles. The Bertz CT molecular complexity index is 295. The SMILES string of the molecule is FC(F)c1ccccc1C1CNC1. The summed E-state index contributed by atoms with van der Waals surface area (Å²) in [6.07, 6.45) is -2.35. The monoisotopic (exact) mass is 183 g/mol. The first-order chi connectivity index (χ1) is 6.29. The van der Waals surface area contributed by atoms with Gasteiger partial charge in [-0.2, -0.15) is 0 Å². The van der Waals surface area contributed by atoms with Gasteiger partial charge in [-0.1, -0.05) is 24.3 Å². The van der Waals surface area contributed by atoms with Gasteiger partial charge in [0.25, 0.3) is 6.43 Å². The summed E-state index contributed by atoms with van der Waals surface area (Å²) in [7, 11) is 0. The maximum atomic E-state index is 12.5. The van der Waals surface area contributed by atoms with Crippen LogP contribution in [0.2, 0.25) is 0 Å². The number of benzene rings is 1. The molecule has 1 aliphatic rings. The third-order valence-corrected chi connectivity index (χ3v) is 2.45. The molecule has 0 spiro atoms. The van der Waals surface area contributed by atoms with Gasteiger partial charge in [0.15, 0.2) is 0 Å². The van der Waals surface area contributed by atoms with Crippen molar-refractivity contribution in [2.24, 2.45) is 0 Å². The van der Waals surface area contributed by atoms with Gasteiger partial charge in [0, 0.05) is 24.6 Å². The van der Waals surface area contributed by atoms with Crippen molar-refractivity contribution >= 4 is 0 Å².